The summed E-state index contributed by atoms with van der Waals surface area (Å²) in [6.45, 7) is 5.15. The molecule has 0 saturated carbocycles. The third kappa shape index (κ3) is 10.4. The number of fused-ring (bicyclic) bond motifs is 2. The highest BCUT2D eigenvalue weighted by Gasteiger charge is 2.34. The fourth-order valence-corrected chi connectivity index (χ4v) is 10.7. The Morgan fingerprint density at radius 2 is 1.01 bits per heavy atom. The van der Waals surface area contributed by atoms with Gasteiger partial charge in [0.1, 0.15) is 31.6 Å². The second kappa shape index (κ2) is 21.9. The second-order valence-electron chi connectivity index (χ2n) is 17.3. The predicted molar refractivity (Wildman–Crippen MR) is 287 cm³/mol. The van der Waals surface area contributed by atoms with E-state index in [1.807, 2.05) is 51.8 Å². The molecule has 8 aromatic rings. The van der Waals surface area contributed by atoms with E-state index in [2.05, 4.69) is 53.1 Å². The number of aromatic nitrogens is 6. The molecule has 12 rings (SSSR count). The van der Waals surface area contributed by atoms with Gasteiger partial charge in [-0.3, -0.25) is 19.5 Å². The first-order valence-electron chi connectivity index (χ1n) is 22.9. The summed E-state index contributed by atoms with van der Waals surface area (Å²) in [6, 6.07) is 33.1. The lowest BCUT2D eigenvalue weighted by Crippen LogP contribution is -2.47. The minimum atomic E-state index is -0.379. The van der Waals surface area contributed by atoms with Gasteiger partial charge < -0.3 is 16.0 Å². The van der Waals surface area contributed by atoms with Crippen LogP contribution in [0.1, 0.15) is 39.1 Å². The van der Waals surface area contributed by atoms with Crippen molar-refractivity contribution in [3.8, 4) is 22.3 Å². The molecule has 4 aliphatic heterocycles. The van der Waals surface area contributed by atoms with Crippen LogP contribution < -0.4 is 25.8 Å². The highest BCUT2D eigenvalue weighted by Crippen LogP contribution is 2.47. The number of hydrogen-bond acceptors (Lipinski definition) is 9. The van der Waals surface area contributed by atoms with Crippen molar-refractivity contribution in [3.63, 3.8) is 0 Å². The number of anilines is 4. The highest BCUT2D eigenvalue weighted by atomic mass is 35.5. The second-order valence-corrected chi connectivity index (χ2v) is 19.8. The van der Waals surface area contributed by atoms with Crippen LogP contribution in [0.5, 0.6) is 0 Å². The zero-order chi connectivity index (χ0) is 50.8. The van der Waals surface area contributed by atoms with Crippen molar-refractivity contribution in [3.05, 3.63) is 187 Å². The number of halogens is 6. The van der Waals surface area contributed by atoms with Gasteiger partial charge in [0.2, 0.25) is 0 Å². The Morgan fingerprint density at radius 1 is 0.548 bits per heavy atom. The standard InChI is InChI=1S/C26H21Cl3N6O.C21H13Cl3N2O2.C5H8N4/c27-21-5-2-1-4-18(21)19-8-16(11-33-12-17(13-33)34-15-30-14-32-34)9-24-20(19)10-31-26(36)35(24)25-22(28)6-3-7-23(25)29;22-16-5-2-1-4-13(16)14-8-12(11-27)9-19-15(14)10-25-21(28)26(19)20-17(23)6-3-7-18(20)24;1-5(2-6-1)9-4-7-3-8-9/h1-9,14-15,17H,10-13H2,(H,31,36);1-9,11H,10H2,(H,25,28);3-6H,1-2H2. The number of nitrogens with one attached hydrogen (secondary N) is 3. The topological polar surface area (TPSA) is 158 Å². The molecule has 0 radical (unpaired) electrons. The van der Waals surface area contributed by atoms with E-state index in [0.717, 1.165) is 77.1 Å². The molecule has 0 bridgehead atoms. The van der Waals surface area contributed by atoms with Gasteiger partial charge in [-0.25, -0.2) is 28.9 Å². The molecule has 0 aliphatic carbocycles. The minimum Gasteiger partial charge on any atom is -0.333 e. The van der Waals surface area contributed by atoms with Gasteiger partial charge in [-0.15, -0.1) is 0 Å². The van der Waals surface area contributed by atoms with Crippen LogP contribution in [0.15, 0.2) is 135 Å². The lowest BCUT2D eigenvalue weighted by atomic mass is 9.93. The maximum atomic E-state index is 13.2. The Morgan fingerprint density at radius 3 is 1.47 bits per heavy atom. The van der Waals surface area contributed by atoms with Gasteiger partial charge in [-0.2, -0.15) is 10.2 Å². The number of benzene rings is 6. The van der Waals surface area contributed by atoms with Crippen LogP contribution in [-0.4, -0.2) is 79.0 Å². The summed E-state index contributed by atoms with van der Waals surface area (Å²) in [4.78, 5) is 50.8. The monoisotopic (exact) mass is 1090 g/mol. The van der Waals surface area contributed by atoms with E-state index >= 15 is 0 Å². The molecule has 370 valence electrons. The van der Waals surface area contributed by atoms with Crippen molar-refractivity contribution in [1.82, 2.24) is 50.4 Å². The molecule has 4 amide bonds. The summed E-state index contributed by atoms with van der Waals surface area (Å²) < 4.78 is 3.78. The largest absolute Gasteiger partial charge is 0.333 e. The average molecular weight is 1100 g/mol. The number of likely N-dealkylation sites (tertiary alicyclic amines) is 1. The molecule has 21 heteroatoms. The van der Waals surface area contributed by atoms with Gasteiger partial charge in [-0.05, 0) is 77.4 Å². The van der Waals surface area contributed by atoms with Gasteiger partial charge in [0.25, 0.3) is 0 Å². The SMILES string of the molecule is O=C1NCc2c(-c3ccccc3Cl)cc(CN3CC(n4cncn4)C3)cc2N1c1c(Cl)cccc1Cl.O=Cc1cc(-c2ccccc2Cl)c2c(c1)N(c1c(Cl)cccc1Cl)C(=O)NC2.c1ncn(C2CNC2)n1. The van der Waals surface area contributed by atoms with Gasteiger partial charge in [-0.1, -0.05) is 118 Å². The van der Waals surface area contributed by atoms with Crippen molar-refractivity contribution in [1.29, 1.82) is 0 Å². The van der Waals surface area contributed by atoms with Gasteiger partial charge in [0.05, 0.1) is 54.9 Å². The third-order valence-corrected chi connectivity index (χ3v) is 14.6. The van der Waals surface area contributed by atoms with Gasteiger partial charge in [0.15, 0.2) is 0 Å². The lowest BCUT2D eigenvalue weighted by molar-refractivity contribution is 0.0907. The molecule has 4 aliphatic rings. The van der Waals surface area contributed by atoms with Crippen LogP contribution in [0, 0.1) is 0 Å². The molecule has 15 nitrogen and oxygen atoms in total. The maximum Gasteiger partial charge on any atom is 0.326 e. The lowest BCUT2D eigenvalue weighted by Gasteiger charge is -2.39. The van der Waals surface area contributed by atoms with Crippen molar-refractivity contribution in [2.75, 3.05) is 36.0 Å². The normalized spacial score (nSPS) is 15.3. The molecule has 0 unspecified atom stereocenters. The minimum absolute atomic E-state index is 0.282. The van der Waals surface area contributed by atoms with E-state index < -0.39 is 0 Å². The van der Waals surface area contributed by atoms with Crippen LogP contribution in [0.3, 0.4) is 0 Å². The molecular weight excluding hydrogens is 1050 g/mol. The van der Waals surface area contributed by atoms with E-state index in [1.165, 1.54) is 4.90 Å². The summed E-state index contributed by atoms with van der Waals surface area (Å²) in [5.74, 6) is 0. The number of rotatable bonds is 9. The van der Waals surface area contributed by atoms with Crippen molar-refractivity contribution in [2.45, 2.75) is 31.7 Å². The predicted octanol–water partition coefficient (Wildman–Crippen LogP) is 12.2. The van der Waals surface area contributed by atoms with Crippen molar-refractivity contribution < 1.29 is 14.4 Å². The molecule has 0 spiro atoms. The average Bonchev–Trinajstić information content (AvgIpc) is 4.10. The van der Waals surface area contributed by atoms with Crippen LogP contribution in [-0.2, 0) is 19.6 Å². The van der Waals surface area contributed by atoms with Crippen LogP contribution in [0.2, 0.25) is 30.1 Å². The molecule has 2 fully saturated rings. The number of carbonyl (C=O) groups excluding carboxylic acids is 3. The number of aldehydes is 1. The molecule has 6 heterocycles. The number of hydrogen-bond donors (Lipinski definition) is 3. The Balaban J connectivity index is 0.000000146. The molecule has 6 aromatic carbocycles. The smallest absolute Gasteiger partial charge is 0.326 e. The van der Waals surface area contributed by atoms with E-state index in [4.69, 9.17) is 69.6 Å². The number of amides is 4. The molecule has 0 atom stereocenters. The molecular formula is C52H42Cl6N12O3. The molecule has 2 saturated heterocycles. The van der Waals surface area contributed by atoms with Crippen LogP contribution in [0.4, 0.5) is 32.3 Å². The molecule has 2 aromatic heterocycles. The first-order chi connectivity index (χ1) is 35.5. The van der Waals surface area contributed by atoms with E-state index in [-0.39, 0.29) is 18.6 Å². The summed E-state index contributed by atoms with van der Waals surface area (Å²) in [5.41, 5.74) is 8.74. The van der Waals surface area contributed by atoms with Crippen LogP contribution >= 0.6 is 69.6 Å². The Hall–Kier alpha value is -6.53. The van der Waals surface area contributed by atoms with Crippen molar-refractivity contribution >= 4 is 111 Å². The fourth-order valence-electron chi connectivity index (χ4n) is 9.09. The molecule has 3 N–H and O–H groups in total. The maximum absolute atomic E-state index is 13.2. The first-order valence-corrected chi connectivity index (χ1v) is 25.2. The summed E-state index contributed by atoms with van der Waals surface area (Å²) >= 11 is 38.8. The summed E-state index contributed by atoms with van der Waals surface area (Å²) in [7, 11) is 0. The summed E-state index contributed by atoms with van der Waals surface area (Å²) in [6.07, 6.45) is 7.37. The highest BCUT2D eigenvalue weighted by molar-refractivity contribution is 6.41. The van der Waals surface area contributed by atoms with E-state index in [1.54, 1.807) is 84.8 Å². The molecule has 73 heavy (non-hydrogen) atoms. The zero-order valence-electron chi connectivity index (χ0n) is 38.4. The number of carbonyl (C=O) groups is 3. The fraction of sp³-hybridized carbons (Fsp3) is 0.173. The van der Waals surface area contributed by atoms with E-state index in [9.17, 15) is 14.4 Å². The number of nitrogens with zero attached hydrogens (tertiary/aromatic N) is 9. The Kier molecular flexibility index (Phi) is 15.0. The Labute approximate surface area is 449 Å². The number of para-hydroxylation sites is 2. The quantitative estimate of drug-likeness (QED) is 0.120. The van der Waals surface area contributed by atoms with Gasteiger partial charge >= 0.3 is 12.1 Å². The Bertz CT molecular complexity index is 3310. The summed E-state index contributed by atoms with van der Waals surface area (Å²) in [5, 5.41) is 19.9. The van der Waals surface area contributed by atoms with Crippen LogP contribution in [0.25, 0.3) is 22.3 Å². The number of urea groups is 2. The van der Waals surface area contributed by atoms with Crippen molar-refractivity contribution in [2.24, 2.45) is 0 Å². The van der Waals surface area contributed by atoms with Gasteiger partial charge in [0, 0.05) is 83.7 Å². The zero-order valence-corrected chi connectivity index (χ0v) is 42.9. The third-order valence-electron chi connectivity index (χ3n) is 12.8. The van der Waals surface area contributed by atoms with E-state index in [0.29, 0.717) is 77.9 Å². The first kappa shape index (κ1) is 50.0.